The van der Waals surface area contributed by atoms with Crippen LogP contribution >= 0.6 is 11.6 Å². The van der Waals surface area contributed by atoms with Crippen LogP contribution in [0.1, 0.15) is 10.4 Å². The lowest BCUT2D eigenvalue weighted by atomic mass is 10.1. The predicted molar refractivity (Wildman–Crippen MR) is 116 cm³/mol. The molecule has 4 rings (SSSR count). The van der Waals surface area contributed by atoms with E-state index >= 15 is 0 Å². The first-order chi connectivity index (χ1) is 14.5. The number of methoxy groups -OCH3 is 1. The first-order valence-electron chi connectivity index (χ1n) is 8.97. The zero-order valence-electron chi connectivity index (χ0n) is 15.8. The number of hydrogen-bond donors (Lipinski definition) is 2. The summed E-state index contributed by atoms with van der Waals surface area (Å²) in [5, 5.41) is 3.45. The van der Waals surface area contributed by atoms with Crippen LogP contribution in [0.25, 0.3) is 16.6 Å². The molecule has 0 saturated carbocycles. The van der Waals surface area contributed by atoms with Gasteiger partial charge in [0.15, 0.2) is 0 Å². The molecule has 1 heterocycles. The number of rotatable bonds is 4. The zero-order valence-corrected chi connectivity index (χ0v) is 16.6. The minimum atomic E-state index is -0.590. The topological polar surface area (TPSA) is 93.2 Å². The molecule has 0 atom stereocenters. The Morgan fingerprint density at radius 3 is 2.53 bits per heavy atom. The van der Waals surface area contributed by atoms with Gasteiger partial charge in [0, 0.05) is 10.6 Å². The molecule has 7 nitrogen and oxygen atoms in total. The number of halogens is 1. The normalized spacial score (nSPS) is 10.7. The molecule has 0 aliphatic rings. The molecular formula is C22H16ClN3O4. The monoisotopic (exact) mass is 421 g/mol. The molecule has 2 N–H and O–H groups in total. The third kappa shape index (κ3) is 3.58. The highest BCUT2D eigenvalue weighted by molar-refractivity contribution is 6.31. The van der Waals surface area contributed by atoms with E-state index < -0.39 is 17.2 Å². The molecule has 1 amide bonds. The van der Waals surface area contributed by atoms with Gasteiger partial charge in [-0.2, -0.15) is 0 Å². The molecule has 3 aromatic carbocycles. The summed E-state index contributed by atoms with van der Waals surface area (Å²) in [6.07, 6.45) is 0. The SMILES string of the molecule is COc1ccc(Cl)cc1NC(=O)c1ccc2c(=O)n(-c3ccccc3)c(=O)[nH]c2c1. The molecule has 0 bridgehead atoms. The quantitative estimate of drug-likeness (QED) is 0.526. The molecule has 8 heteroatoms. The number of carbonyl (C=O) groups excluding carboxylic acids is 1. The van der Waals surface area contributed by atoms with E-state index in [2.05, 4.69) is 10.3 Å². The van der Waals surface area contributed by atoms with E-state index in [-0.39, 0.29) is 16.5 Å². The van der Waals surface area contributed by atoms with Crippen molar-refractivity contribution in [2.24, 2.45) is 0 Å². The van der Waals surface area contributed by atoms with Crippen molar-refractivity contribution in [3.05, 3.63) is 98.2 Å². The Morgan fingerprint density at radius 1 is 1.03 bits per heavy atom. The summed E-state index contributed by atoms with van der Waals surface area (Å²) in [6.45, 7) is 0. The second kappa shape index (κ2) is 7.88. The maximum Gasteiger partial charge on any atom is 0.333 e. The third-order valence-electron chi connectivity index (χ3n) is 4.58. The average molecular weight is 422 g/mol. The van der Waals surface area contributed by atoms with Gasteiger partial charge < -0.3 is 15.0 Å². The molecular weight excluding hydrogens is 406 g/mol. The highest BCUT2D eigenvalue weighted by Crippen LogP contribution is 2.28. The van der Waals surface area contributed by atoms with Gasteiger partial charge in [0.25, 0.3) is 11.5 Å². The molecule has 30 heavy (non-hydrogen) atoms. The molecule has 0 spiro atoms. The number of amides is 1. The van der Waals surface area contributed by atoms with Gasteiger partial charge in [-0.3, -0.25) is 9.59 Å². The largest absolute Gasteiger partial charge is 0.495 e. The number of fused-ring (bicyclic) bond motifs is 1. The van der Waals surface area contributed by atoms with E-state index in [0.717, 1.165) is 4.57 Å². The van der Waals surface area contributed by atoms with Gasteiger partial charge in [0.2, 0.25) is 0 Å². The minimum Gasteiger partial charge on any atom is -0.495 e. The summed E-state index contributed by atoms with van der Waals surface area (Å²) < 4.78 is 6.28. The van der Waals surface area contributed by atoms with E-state index in [1.807, 2.05) is 0 Å². The number of anilines is 1. The molecule has 0 unspecified atom stereocenters. The van der Waals surface area contributed by atoms with E-state index in [1.54, 1.807) is 48.5 Å². The first kappa shape index (κ1) is 19.5. The van der Waals surface area contributed by atoms with Crippen molar-refractivity contribution in [1.29, 1.82) is 0 Å². The number of nitrogens with zero attached hydrogens (tertiary/aromatic N) is 1. The summed E-state index contributed by atoms with van der Waals surface area (Å²) in [6, 6.07) is 18.0. The van der Waals surface area contributed by atoms with Crippen LogP contribution in [0.4, 0.5) is 5.69 Å². The smallest absolute Gasteiger partial charge is 0.333 e. The average Bonchev–Trinajstić information content (AvgIpc) is 2.74. The van der Waals surface area contributed by atoms with Crippen LogP contribution in [0.5, 0.6) is 5.75 Å². The van der Waals surface area contributed by atoms with Gasteiger partial charge in [-0.1, -0.05) is 29.8 Å². The van der Waals surface area contributed by atoms with Crippen molar-refractivity contribution in [2.75, 3.05) is 12.4 Å². The molecule has 4 aromatic rings. The maximum atomic E-state index is 12.9. The Hall–Kier alpha value is -3.84. The number of benzene rings is 3. The Balaban J connectivity index is 1.74. The fourth-order valence-corrected chi connectivity index (χ4v) is 3.32. The molecule has 0 radical (unpaired) electrons. The van der Waals surface area contributed by atoms with E-state index in [4.69, 9.17) is 16.3 Å². The van der Waals surface area contributed by atoms with E-state index in [0.29, 0.717) is 22.1 Å². The Labute approximate surface area is 175 Å². The van der Waals surface area contributed by atoms with Crippen LogP contribution in [-0.4, -0.2) is 22.6 Å². The Kier molecular flexibility index (Phi) is 5.12. The summed E-state index contributed by atoms with van der Waals surface area (Å²) in [5.41, 5.74) is 0.333. The number of hydrogen-bond acceptors (Lipinski definition) is 4. The fraction of sp³-hybridized carbons (Fsp3) is 0.0455. The lowest BCUT2D eigenvalue weighted by Gasteiger charge is -2.11. The van der Waals surface area contributed by atoms with Crippen LogP contribution in [-0.2, 0) is 0 Å². The van der Waals surface area contributed by atoms with Gasteiger partial charge in [-0.15, -0.1) is 0 Å². The second-order valence-corrected chi connectivity index (χ2v) is 6.90. The van der Waals surface area contributed by atoms with Gasteiger partial charge >= 0.3 is 5.69 Å². The Morgan fingerprint density at radius 2 is 1.80 bits per heavy atom. The van der Waals surface area contributed by atoms with Crippen LogP contribution < -0.4 is 21.3 Å². The summed E-state index contributed by atoms with van der Waals surface area (Å²) in [4.78, 5) is 40.8. The molecule has 150 valence electrons. The predicted octanol–water partition coefficient (Wildman–Crippen LogP) is 3.59. The van der Waals surface area contributed by atoms with Crippen LogP contribution in [0, 0.1) is 0 Å². The highest BCUT2D eigenvalue weighted by atomic mass is 35.5. The molecule has 0 fully saturated rings. The third-order valence-corrected chi connectivity index (χ3v) is 4.82. The number of aromatic amines is 1. The van der Waals surface area contributed by atoms with E-state index in [9.17, 15) is 14.4 Å². The lowest BCUT2D eigenvalue weighted by molar-refractivity contribution is 0.102. The number of nitrogens with one attached hydrogen (secondary N) is 2. The number of para-hydroxylation sites is 1. The van der Waals surface area contributed by atoms with Gasteiger partial charge in [0.1, 0.15) is 5.75 Å². The first-order valence-corrected chi connectivity index (χ1v) is 9.35. The van der Waals surface area contributed by atoms with Crippen molar-refractivity contribution >= 4 is 34.1 Å². The van der Waals surface area contributed by atoms with Gasteiger partial charge in [-0.25, -0.2) is 9.36 Å². The number of aromatic nitrogens is 2. The van der Waals surface area contributed by atoms with Gasteiger partial charge in [0.05, 0.1) is 29.4 Å². The van der Waals surface area contributed by atoms with Crippen molar-refractivity contribution in [3.8, 4) is 11.4 Å². The van der Waals surface area contributed by atoms with E-state index in [1.165, 1.54) is 25.3 Å². The van der Waals surface area contributed by atoms with Gasteiger partial charge in [-0.05, 0) is 48.5 Å². The highest BCUT2D eigenvalue weighted by Gasteiger charge is 2.14. The maximum absolute atomic E-state index is 12.9. The lowest BCUT2D eigenvalue weighted by Crippen LogP contribution is -2.33. The number of ether oxygens (including phenoxy) is 1. The van der Waals surface area contributed by atoms with Crippen LogP contribution in [0.2, 0.25) is 5.02 Å². The van der Waals surface area contributed by atoms with Crippen molar-refractivity contribution in [1.82, 2.24) is 9.55 Å². The second-order valence-electron chi connectivity index (χ2n) is 6.47. The summed E-state index contributed by atoms with van der Waals surface area (Å²) in [5.74, 6) is 0.0123. The molecule has 0 aliphatic carbocycles. The van der Waals surface area contributed by atoms with Crippen molar-refractivity contribution in [3.63, 3.8) is 0 Å². The zero-order chi connectivity index (χ0) is 21.3. The number of carbonyl (C=O) groups is 1. The number of H-pyrrole nitrogens is 1. The summed E-state index contributed by atoms with van der Waals surface area (Å²) >= 11 is 6.00. The van der Waals surface area contributed by atoms with Crippen molar-refractivity contribution in [2.45, 2.75) is 0 Å². The minimum absolute atomic E-state index is 0.261. The Bertz CT molecular complexity index is 1380. The van der Waals surface area contributed by atoms with Crippen LogP contribution in [0.3, 0.4) is 0 Å². The van der Waals surface area contributed by atoms with Crippen LogP contribution in [0.15, 0.2) is 76.3 Å². The standard InChI is InChI=1S/C22H16ClN3O4/c1-30-19-10-8-14(23)12-18(19)24-20(27)13-7-9-16-17(11-13)25-22(29)26(21(16)28)15-5-3-2-4-6-15/h2-12H,1H3,(H,24,27)(H,25,29). The molecule has 1 aromatic heterocycles. The molecule has 0 aliphatic heterocycles. The van der Waals surface area contributed by atoms with Crippen molar-refractivity contribution < 1.29 is 9.53 Å². The fourth-order valence-electron chi connectivity index (χ4n) is 3.14. The summed E-state index contributed by atoms with van der Waals surface area (Å²) in [7, 11) is 1.48. The molecule has 0 saturated heterocycles.